The maximum absolute atomic E-state index is 12.2. The van der Waals surface area contributed by atoms with E-state index in [9.17, 15) is 4.79 Å². The summed E-state index contributed by atoms with van der Waals surface area (Å²) in [6, 6.07) is 8.01. The van der Waals surface area contributed by atoms with Crippen molar-refractivity contribution in [1.82, 2.24) is 9.80 Å². The highest BCUT2D eigenvalue weighted by atomic mass is 35.5. The number of nitrogens with zero attached hydrogens (tertiary/aromatic N) is 3. The molecule has 2 fully saturated rings. The van der Waals surface area contributed by atoms with E-state index < -0.39 is 0 Å². The van der Waals surface area contributed by atoms with Crippen LogP contribution in [0.15, 0.2) is 24.3 Å². The maximum Gasteiger partial charge on any atom is 0.224 e. The molecule has 0 radical (unpaired) electrons. The topological polar surface area (TPSA) is 36.0 Å². The summed E-state index contributed by atoms with van der Waals surface area (Å²) in [5.41, 5.74) is 1.22. The van der Waals surface area contributed by atoms with Crippen LogP contribution in [0.25, 0.3) is 0 Å². The summed E-state index contributed by atoms with van der Waals surface area (Å²) in [5, 5.41) is 0.772. The average Bonchev–Trinajstić information content (AvgIpc) is 2.61. The molecular formula is C17H24ClN3O2. The molecule has 2 saturated heterocycles. The van der Waals surface area contributed by atoms with E-state index in [0.29, 0.717) is 19.6 Å². The lowest BCUT2D eigenvalue weighted by Crippen LogP contribution is -2.48. The van der Waals surface area contributed by atoms with E-state index in [1.165, 1.54) is 5.69 Å². The Morgan fingerprint density at radius 3 is 2.30 bits per heavy atom. The predicted molar refractivity (Wildman–Crippen MR) is 92.1 cm³/mol. The van der Waals surface area contributed by atoms with Gasteiger partial charge in [0.1, 0.15) is 0 Å². The Labute approximate surface area is 142 Å². The fourth-order valence-corrected chi connectivity index (χ4v) is 3.23. The molecule has 0 saturated carbocycles. The van der Waals surface area contributed by atoms with Crippen molar-refractivity contribution >= 4 is 23.2 Å². The minimum atomic E-state index is 0.258. The fourth-order valence-electron chi connectivity index (χ4n) is 3.11. The van der Waals surface area contributed by atoms with Gasteiger partial charge in [-0.25, -0.2) is 0 Å². The predicted octanol–water partition coefficient (Wildman–Crippen LogP) is 1.71. The second-order valence-electron chi connectivity index (χ2n) is 6.05. The number of carbonyl (C=O) groups excluding carboxylic acids is 1. The highest BCUT2D eigenvalue weighted by Gasteiger charge is 2.20. The van der Waals surface area contributed by atoms with Crippen LogP contribution in [-0.4, -0.2) is 74.7 Å². The monoisotopic (exact) mass is 337 g/mol. The molecule has 126 valence electrons. The third kappa shape index (κ3) is 4.59. The molecular weight excluding hydrogens is 314 g/mol. The van der Waals surface area contributed by atoms with Crippen LogP contribution >= 0.6 is 11.6 Å². The number of amides is 1. The second-order valence-corrected chi connectivity index (χ2v) is 6.48. The van der Waals surface area contributed by atoms with Crippen molar-refractivity contribution in [3.05, 3.63) is 29.3 Å². The Morgan fingerprint density at radius 1 is 1.00 bits per heavy atom. The third-order valence-corrected chi connectivity index (χ3v) is 4.82. The molecule has 5 nitrogen and oxygen atoms in total. The van der Waals surface area contributed by atoms with Crippen LogP contribution in [-0.2, 0) is 9.53 Å². The number of carbonyl (C=O) groups is 1. The van der Waals surface area contributed by atoms with Crippen molar-refractivity contribution in [2.75, 3.05) is 63.9 Å². The van der Waals surface area contributed by atoms with Crippen LogP contribution in [0.3, 0.4) is 0 Å². The number of hydrogen-bond donors (Lipinski definition) is 0. The van der Waals surface area contributed by atoms with E-state index in [2.05, 4.69) is 21.9 Å². The Hall–Kier alpha value is -1.30. The summed E-state index contributed by atoms with van der Waals surface area (Å²) in [7, 11) is 0. The number of piperazine rings is 1. The molecule has 0 N–H and O–H groups in total. The molecule has 0 atom stereocenters. The van der Waals surface area contributed by atoms with Gasteiger partial charge in [0.05, 0.1) is 13.2 Å². The molecule has 3 rings (SSSR count). The first-order valence-corrected chi connectivity index (χ1v) is 8.68. The molecule has 1 aromatic carbocycles. The van der Waals surface area contributed by atoms with Crippen molar-refractivity contribution in [2.45, 2.75) is 6.42 Å². The number of anilines is 1. The van der Waals surface area contributed by atoms with Crippen LogP contribution in [0.1, 0.15) is 6.42 Å². The summed E-state index contributed by atoms with van der Waals surface area (Å²) >= 11 is 5.94. The summed E-state index contributed by atoms with van der Waals surface area (Å²) in [5.74, 6) is 0.258. The van der Waals surface area contributed by atoms with Gasteiger partial charge in [0, 0.05) is 62.9 Å². The summed E-state index contributed by atoms with van der Waals surface area (Å²) in [6.07, 6.45) is 0.612. The third-order valence-electron chi connectivity index (χ3n) is 4.57. The number of hydrogen-bond acceptors (Lipinski definition) is 4. The Kier molecular flexibility index (Phi) is 5.75. The average molecular weight is 338 g/mol. The molecule has 0 spiro atoms. The van der Waals surface area contributed by atoms with Gasteiger partial charge in [-0.2, -0.15) is 0 Å². The molecule has 2 aliphatic heterocycles. The van der Waals surface area contributed by atoms with E-state index >= 15 is 0 Å². The van der Waals surface area contributed by atoms with E-state index in [4.69, 9.17) is 16.3 Å². The molecule has 0 aliphatic carbocycles. The molecule has 1 aromatic rings. The smallest absolute Gasteiger partial charge is 0.224 e. The first-order chi connectivity index (χ1) is 11.2. The Balaban J connectivity index is 1.40. The number of rotatable bonds is 4. The van der Waals surface area contributed by atoms with Crippen molar-refractivity contribution in [3.63, 3.8) is 0 Å². The largest absolute Gasteiger partial charge is 0.378 e. The lowest BCUT2D eigenvalue weighted by atomic mass is 10.2. The van der Waals surface area contributed by atoms with Crippen LogP contribution in [0.5, 0.6) is 0 Å². The number of halogens is 1. The molecule has 0 unspecified atom stereocenters. The number of benzene rings is 1. The molecule has 6 heteroatoms. The van der Waals surface area contributed by atoms with Gasteiger partial charge < -0.3 is 14.5 Å². The summed E-state index contributed by atoms with van der Waals surface area (Å²) in [6.45, 7) is 7.66. The fraction of sp³-hybridized carbons (Fsp3) is 0.588. The zero-order chi connectivity index (χ0) is 16.1. The van der Waals surface area contributed by atoms with Crippen LogP contribution in [0.2, 0.25) is 5.02 Å². The van der Waals surface area contributed by atoms with Gasteiger partial charge in [0.25, 0.3) is 0 Å². The zero-order valence-electron chi connectivity index (χ0n) is 13.4. The van der Waals surface area contributed by atoms with Gasteiger partial charge in [-0.05, 0) is 24.3 Å². The standard InChI is InChI=1S/C17H24ClN3O2/c18-15-1-3-16(4-2-15)20-9-7-19(8-10-20)6-5-17(22)21-11-13-23-14-12-21/h1-4H,5-14H2. The normalized spacial score (nSPS) is 19.9. The van der Waals surface area contributed by atoms with Gasteiger partial charge in [0.2, 0.25) is 5.91 Å². The number of morpholine rings is 1. The molecule has 0 aromatic heterocycles. The van der Waals surface area contributed by atoms with E-state index in [1.807, 2.05) is 17.0 Å². The van der Waals surface area contributed by atoms with Crippen LogP contribution in [0.4, 0.5) is 5.69 Å². The molecule has 0 bridgehead atoms. The summed E-state index contributed by atoms with van der Waals surface area (Å²) in [4.78, 5) is 18.9. The first kappa shape index (κ1) is 16.6. The van der Waals surface area contributed by atoms with Gasteiger partial charge in [-0.1, -0.05) is 11.6 Å². The minimum absolute atomic E-state index is 0.258. The Morgan fingerprint density at radius 2 is 1.65 bits per heavy atom. The van der Waals surface area contributed by atoms with Crippen LogP contribution in [0, 0.1) is 0 Å². The van der Waals surface area contributed by atoms with Crippen molar-refractivity contribution in [3.8, 4) is 0 Å². The van der Waals surface area contributed by atoms with Crippen molar-refractivity contribution in [2.24, 2.45) is 0 Å². The quantitative estimate of drug-likeness (QED) is 0.838. The zero-order valence-corrected chi connectivity index (χ0v) is 14.2. The second kappa shape index (κ2) is 7.99. The Bertz CT molecular complexity index is 509. The van der Waals surface area contributed by atoms with Crippen LogP contribution < -0.4 is 4.90 Å². The SMILES string of the molecule is O=C(CCN1CCN(c2ccc(Cl)cc2)CC1)N1CCOCC1. The molecule has 2 heterocycles. The molecule has 23 heavy (non-hydrogen) atoms. The lowest BCUT2D eigenvalue weighted by Gasteiger charge is -2.36. The van der Waals surface area contributed by atoms with Gasteiger partial charge >= 0.3 is 0 Å². The van der Waals surface area contributed by atoms with Gasteiger partial charge in [-0.15, -0.1) is 0 Å². The van der Waals surface area contributed by atoms with E-state index in [0.717, 1.165) is 50.8 Å². The van der Waals surface area contributed by atoms with Crippen molar-refractivity contribution < 1.29 is 9.53 Å². The summed E-state index contributed by atoms with van der Waals surface area (Å²) < 4.78 is 5.29. The first-order valence-electron chi connectivity index (χ1n) is 8.31. The molecule has 2 aliphatic rings. The van der Waals surface area contributed by atoms with Crippen molar-refractivity contribution in [1.29, 1.82) is 0 Å². The lowest BCUT2D eigenvalue weighted by molar-refractivity contribution is -0.135. The van der Waals surface area contributed by atoms with Gasteiger partial charge in [0.15, 0.2) is 0 Å². The minimum Gasteiger partial charge on any atom is -0.378 e. The highest BCUT2D eigenvalue weighted by molar-refractivity contribution is 6.30. The van der Waals surface area contributed by atoms with E-state index in [-0.39, 0.29) is 5.91 Å². The highest BCUT2D eigenvalue weighted by Crippen LogP contribution is 2.19. The maximum atomic E-state index is 12.2. The van der Waals surface area contributed by atoms with Gasteiger partial charge in [-0.3, -0.25) is 9.69 Å². The van der Waals surface area contributed by atoms with E-state index in [1.54, 1.807) is 0 Å². The molecule has 1 amide bonds. The number of ether oxygens (including phenoxy) is 1.